The molecule has 2 amide bonds. The van der Waals surface area contributed by atoms with Gasteiger partial charge in [0, 0.05) is 12.0 Å². The van der Waals surface area contributed by atoms with Crippen molar-refractivity contribution in [2.45, 2.75) is 45.7 Å². The second-order valence-electron chi connectivity index (χ2n) is 4.65. The number of rotatable bonds is 4. The predicted octanol–water partition coefficient (Wildman–Crippen LogP) is 0.516. The molecule has 0 aliphatic rings. The molecule has 6 heteroatoms. The maximum absolute atomic E-state index is 11.4. The van der Waals surface area contributed by atoms with Crippen molar-refractivity contribution >= 4 is 17.8 Å². The first kappa shape index (κ1) is 14.4. The molecule has 0 spiro atoms. The molecule has 0 aromatic rings. The van der Waals surface area contributed by atoms with Gasteiger partial charge in [0.2, 0.25) is 0 Å². The van der Waals surface area contributed by atoms with E-state index in [0.29, 0.717) is 0 Å². The molecule has 6 nitrogen and oxygen atoms in total. The lowest BCUT2D eigenvalue weighted by atomic mass is 10.1. The largest absolute Gasteiger partial charge is 0.480 e. The van der Waals surface area contributed by atoms with Crippen LogP contribution in [0.4, 0.5) is 4.79 Å². The standard InChI is InChI=1S/C10H18N2O4/c1-6(13)5-7(8(14)15)11-9(16)12-10(2,3)4/h7H,5H2,1-4H3,(H,14,15)(H2,11,12,16). The molecular formula is C10H18N2O4. The van der Waals surface area contributed by atoms with Gasteiger partial charge in [-0.2, -0.15) is 0 Å². The van der Waals surface area contributed by atoms with Crippen LogP contribution in [0.5, 0.6) is 0 Å². The number of hydrogen-bond donors (Lipinski definition) is 3. The van der Waals surface area contributed by atoms with Gasteiger partial charge in [0.15, 0.2) is 0 Å². The number of aliphatic carboxylic acids is 1. The van der Waals surface area contributed by atoms with E-state index in [4.69, 9.17) is 5.11 Å². The number of Topliss-reactive ketones (excluding diaryl/α,β-unsaturated/α-hetero) is 1. The summed E-state index contributed by atoms with van der Waals surface area (Å²) in [6, 6.07) is -1.78. The summed E-state index contributed by atoms with van der Waals surface area (Å²) < 4.78 is 0. The Bertz CT molecular complexity index is 294. The van der Waals surface area contributed by atoms with Gasteiger partial charge < -0.3 is 15.7 Å². The Balaban J connectivity index is 4.35. The van der Waals surface area contributed by atoms with Crippen LogP contribution in [0.3, 0.4) is 0 Å². The van der Waals surface area contributed by atoms with Gasteiger partial charge in [0.05, 0.1) is 0 Å². The highest BCUT2D eigenvalue weighted by Crippen LogP contribution is 1.99. The highest BCUT2D eigenvalue weighted by atomic mass is 16.4. The van der Waals surface area contributed by atoms with Crippen molar-refractivity contribution in [1.29, 1.82) is 0 Å². The Morgan fingerprint density at radius 1 is 1.25 bits per heavy atom. The van der Waals surface area contributed by atoms with E-state index in [9.17, 15) is 14.4 Å². The lowest BCUT2D eigenvalue weighted by molar-refractivity contribution is -0.140. The molecular weight excluding hydrogens is 212 g/mol. The van der Waals surface area contributed by atoms with Crippen LogP contribution in [-0.2, 0) is 9.59 Å². The zero-order chi connectivity index (χ0) is 12.9. The summed E-state index contributed by atoms with van der Waals surface area (Å²) >= 11 is 0. The summed E-state index contributed by atoms with van der Waals surface area (Å²) in [5.41, 5.74) is -0.455. The molecule has 0 saturated carbocycles. The van der Waals surface area contributed by atoms with Crippen LogP contribution in [0.2, 0.25) is 0 Å². The van der Waals surface area contributed by atoms with Gasteiger partial charge in [-0.05, 0) is 27.7 Å². The highest BCUT2D eigenvalue weighted by molar-refractivity contribution is 5.88. The zero-order valence-electron chi connectivity index (χ0n) is 9.96. The fourth-order valence-corrected chi connectivity index (χ4v) is 1.02. The van der Waals surface area contributed by atoms with E-state index < -0.39 is 23.6 Å². The maximum Gasteiger partial charge on any atom is 0.326 e. The molecule has 0 aliphatic carbocycles. The van der Waals surface area contributed by atoms with E-state index in [1.54, 1.807) is 20.8 Å². The van der Waals surface area contributed by atoms with Gasteiger partial charge in [0.25, 0.3) is 0 Å². The lowest BCUT2D eigenvalue weighted by Crippen LogP contribution is -2.52. The molecule has 0 heterocycles. The first-order valence-electron chi connectivity index (χ1n) is 4.93. The van der Waals surface area contributed by atoms with Crippen molar-refractivity contribution in [2.24, 2.45) is 0 Å². The SMILES string of the molecule is CC(=O)CC(NC(=O)NC(C)(C)C)C(=O)O. The average molecular weight is 230 g/mol. The van der Waals surface area contributed by atoms with Gasteiger partial charge in [-0.1, -0.05) is 0 Å². The summed E-state index contributed by atoms with van der Waals surface area (Å²) in [5.74, 6) is -1.51. The smallest absolute Gasteiger partial charge is 0.326 e. The Kier molecular flexibility index (Phi) is 4.94. The predicted molar refractivity (Wildman–Crippen MR) is 58.1 cm³/mol. The van der Waals surface area contributed by atoms with E-state index >= 15 is 0 Å². The zero-order valence-corrected chi connectivity index (χ0v) is 9.96. The molecule has 16 heavy (non-hydrogen) atoms. The third-order valence-electron chi connectivity index (χ3n) is 1.58. The number of amides is 2. The second-order valence-corrected chi connectivity index (χ2v) is 4.65. The molecule has 0 aromatic heterocycles. The minimum Gasteiger partial charge on any atom is -0.480 e. The number of urea groups is 1. The number of carboxylic acid groups (broad SMARTS) is 1. The van der Waals surface area contributed by atoms with E-state index in [0.717, 1.165) is 0 Å². The van der Waals surface area contributed by atoms with Crippen molar-refractivity contribution in [3.63, 3.8) is 0 Å². The van der Waals surface area contributed by atoms with Crippen molar-refractivity contribution in [2.75, 3.05) is 0 Å². The van der Waals surface area contributed by atoms with Crippen LogP contribution >= 0.6 is 0 Å². The third kappa shape index (κ3) is 6.80. The van der Waals surface area contributed by atoms with Crippen LogP contribution in [0.25, 0.3) is 0 Å². The Labute approximate surface area is 94.4 Å². The molecule has 1 unspecified atom stereocenters. The first-order valence-corrected chi connectivity index (χ1v) is 4.93. The summed E-state index contributed by atoms with van der Waals surface area (Å²) in [6.07, 6.45) is -0.215. The third-order valence-corrected chi connectivity index (χ3v) is 1.58. The maximum atomic E-state index is 11.4. The lowest BCUT2D eigenvalue weighted by Gasteiger charge is -2.22. The molecule has 1 atom stereocenters. The van der Waals surface area contributed by atoms with Crippen molar-refractivity contribution in [3.8, 4) is 0 Å². The van der Waals surface area contributed by atoms with E-state index in [1.165, 1.54) is 6.92 Å². The molecule has 3 N–H and O–H groups in total. The minimum atomic E-state index is -1.22. The van der Waals surface area contributed by atoms with Crippen LogP contribution < -0.4 is 10.6 Å². The summed E-state index contributed by atoms with van der Waals surface area (Å²) in [4.78, 5) is 32.9. The summed E-state index contributed by atoms with van der Waals surface area (Å²) in [6.45, 7) is 6.59. The Morgan fingerprint density at radius 2 is 1.75 bits per heavy atom. The number of carbonyl (C=O) groups excluding carboxylic acids is 2. The number of carbonyl (C=O) groups is 3. The molecule has 0 saturated heterocycles. The van der Waals surface area contributed by atoms with Gasteiger partial charge in [-0.3, -0.25) is 4.79 Å². The van der Waals surface area contributed by atoms with E-state index in [-0.39, 0.29) is 12.2 Å². The molecule has 0 aromatic carbocycles. The van der Waals surface area contributed by atoms with Crippen LogP contribution in [0.15, 0.2) is 0 Å². The van der Waals surface area contributed by atoms with Gasteiger partial charge >= 0.3 is 12.0 Å². The number of hydrogen-bond acceptors (Lipinski definition) is 3. The van der Waals surface area contributed by atoms with Crippen LogP contribution in [0, 0.1) is 0 Å². The molecule has 0 aliphatic heterocycles. The van der Waals surface area contributed by atoms with Gasteiger partial charge in [0.1, 0.15) is 11.8 Å². The Morgan fingerprint density at radius 3 is 2.06 bits per heavy atom. The monoisotopic (exact) mass is 230 g/mol. The van der Waals surface area contributed by atoms with E-state index in [2.05, 4.69) is 10.6 Å². The molecule has 92 valence electrons. The van der Waals surface area contributed by atoms with Crippen molar-refractivity contribution in [3.05, 3.63) is 0 Å². The Hall–Kier alpha value is -1.59. The normalized spacial score (nSPS) is 12.8. The fraction of sp³-hybridized carbons (Fsp3) is 0.700. The number of nitrogens with one attached hydrogen (secondary N) is 2. The number of ketones is 1. The van der Waals surface area contributed by atoms with Crippen LogP contribution in [-0.4, -0.2) is 34.5 Å². The summed E-state index contributed by atoms with van der Waals surface area (Å²) in [7, 11) is 0. The topological polar surface area (TPSA) is 95.5 Å². The molecule has 0 rings (SSSR count). The highest BCUT2D eigenvalue weighted by Gasteiger charge is 2.23. The minimum absolute atomic E-state index is 0.215. The van der Waals surface area contributed by atoms with Crippen LogP contribution in [0.1, 0.15) is 34.1 Å². The first-order chi connectivity index (χ1) is 7.11. The molecule has 0 bridgehead atoms. The van der Waals surface area contributed by atoms with Gasteiger partial charge in [-0.15, -0.1) is 0 Å². The second kappa shape index (κ2) is 5.48. The van der Waals surface area contributed by atoms with Gasteiger partial charge in [-0.25, -0.2) is 9.59 Å². The fourth-order valence-electron chi connectivity index (χ4n) is 1.02. The molecule has 0 radical (unpaired) electrons. The number of carboxylic acids is 1. The summed E-state index contributed by atoms with van der Waals surface area (Å²) in [5, 5.41) is 13.6. The molecule has 0 fully saturated rings. The van der Waals surface area contributed by atoms with E-state index in [1.807, 2.05) is 0 Å². The van der Waals surface area contributed by atoms with Crippen molar-refractivity contribution < 1.29 is 19.5 Å². The quantitative estimate of drug-likeness (QED) is 0.656. The van der Waals surface area contributed by atoms with Crippen molar-refractivity contribution in [1.82, 2.24) is 10.6 Å². The average Bonchev–Trinajstić information content (AvgIpc) is 1.97.